The lowest BCUT2D eigenvalue weighted by atomic mass is 9.97. The van der Waals surface area contributed by atoms with Crippen LogP contribution in [-0.4, -0.2) is 11.5 Å². The molecule has 5 heteroatoms. The molecule has 0 radical (unpaired) electrons. The SMILES string of the molecule is O=C1CCCC/C1=N\Nc1cccc(Cl)c1Cl. The number of ketones is 1. The molecule has 0 aliphatic heterocycles. The van der Waals surface area contributed by atoms with Crippen LogP contribution in [0.25, 0.3) is 0 Å². The van der Waals surface area contributed by atoms with Gasteiger partial charge in [-0.25, -0.2) is 0 Å². The number of rotatable bonds is 2. The second-order valence-electron chi connectivity index (χ2n) is 3.90. The molecule has 0 heterocycles. The maximum Gasteiger partial charge on any atom is 0.178 e. The van der Waals surface area contributed by atoms with Gasteiger partial charge in [-0.3, -0.25) is 10.2 Å². The summed E-state index contributed by atoms with van der Waals surface area (Å²) in [4.78, 5) is 11.5. The van der Waals surface area contributed by atoms with E-state index in [1.54, 1.807) is 18.2 Å². The van der Waals surface area contributed by atoms with Gasteiger partial charge in [0, 0.05) is 6.42 Å². The molecule has 3 nitrogen and oxygen atoms in total. The number of hydrogen-bond donors (Lipinski definition) is 1. The summed E-state index contributed by atoms with van der Waals surface area (Å²) in [6, 6.07) is 5.25. The average Bonchev–Trinajstić information content (AvgIpc) is 2.33. The number of nitrogens with zero attached hydrogens (tertiary/aromatic N) is 1. The van der Waals surface area contributed by atoms with Gasteiger partial charge in [-0.1, -0.05) is 29.3 Å². The monoisotopic (exact) mass is 270 g/mol. The van der Waals surface area contributed by atoms with Crippen molar-refractivity contribution >= 4 is 40.4 Å². The second kappa shape index (κ2) is 5.52. The fraction of sp³-hybridized carbons (Fsp3) is 0.333. The Morgan fingerprint density at radius 3 is 2.71 bits per heavy atom. The van der Waals surface area contributed by atoms with E-state index in [1.807, 2.05) is 0 Å². The molecule has 17 heavy (non-hydrogen) atoms. The summed E-state index contributed by atoms with van der Waals surface area (Å²) < 4.78 is 0. The van der Waals surface area contributed by atoms with Crippen molar-refractivity contribution in [2.45, 2.75) is 25.7 Å². The Balaban J connectivity index is 2.13. The number of benzene rings is 1. The molecule has 1 aliphatic carbocycles. The molecular weight excluding hydrogens is 259 g/mol. The van der Waals surface area contributed by atoms with Gasteiger partial charge < -0.3 is 0 Å². The van der Waals surface area contributed by atoms with Crippen LogP contribution in [0.1, 0.15) is 25.7 Å². The summed E-state index contributed by atoms with van der Waals surface area (Å²) in [5.74, 6) is 0.113. The van der Waals surface area contributed by atoms with E-state index in [0.717, 1.165) is 19.3 Å². The van der Waals surface area contributed by atoms with Gasteiger partial charge in [-0.05, 0) is 31.4 Å². The predicted molar refractivity (Wildman–Crippen MR) is 71.0 cm³/mol. The van der Waals surface area contributed by atoms with E-state index < -0.39 is 0 Å². The van der Waals surface area contributed by atoms with Crippen LogP contribution in [-0.2, 0) is 4.79 Å². The molecular formula is C12H12Cl2N2O. The average molecular weight is 271 g/mol. The van der Waals surface area contributed by atoms with Crippen molar-refractivity contribution in [2.75, 3.05) is 5.43 Å². The van der Waals surface area contributed by atoms with E-state index >= 15 is 0 Å². The smallest absolute Gasteiger partial charge is 0.178 e. The lowest BCUT2D eigenvalue weighted by Crippen LogP contribution is -2.19. The topological polar surface area (TPSA) is 41.5 Å². The van der Waals surface area contributed by atoms with Crippen LogP contribution < -0.4 is 5.43 Å². The van der Waals surface area contributed by atoms with Gasteiger partial charge >= 0.3 is 0 Å². The molecule has 0 amide bonds. The third kappa shape index (κ3) is 2.99. The molecule has 1 aliphatic rings. The number of hydrazone groups is 1. The molecule has 0 atom stereocenters. The van der Waals surface area contributed by atoms with E-state index in [1.165, 1.54) is 0 Å². The Labute approximate surface area is 110 Å². The molecule has 1 fully saturated rings. The summed E-state index contributed by atoms with van der Waals surface area (Å²) in [7, 11) is 0. The Kier molecular flexibility index (Phi) is 4.02. The minimum atomic E-state index is 0.113. The highest BCUT2D eigenvalue weighted by molar-refractivity contribution is 6.44. The molecule has 1 saturated carbocycles. The van der Waals surface area contributed by atoms with E-state index in [2.05, 4.69) is 10.5 Å². The van der Waals surface area contributed by atoms with Gasteiger partial charge in [-0.15, -0.1) is 0 Å². The molecule has 0 bridgehead atoms. The summed E-state index contributed by atoms with van der Waals surface area (Å²) in [6.07, 6.45) is 3.28. The van der Waals surface area contributed by atoms with Gasteiger partial charge in [-0.2, -0.15) is 5.10 Å². The van der Waals surface area contributed by atoms with E-state index in [4.69, 9.17) is 23.2 Å². The van der Waals surface area contributed by atoms with Crippen molar-refractivity contribution in [3.05, 3.63) is 28.2 Å². The van der Waals surface area contributed by atoms with Crippen molar-refractivity contribution in [1.82, 2.24) is 0 Å². The first-order valence-electron chi connectivity index (χ1n) is 5.48. The first-order chi connectivity index (χ1) is 8.18. The predicted octanol–water partition coefficient (Wildman–Crippen LogP) is 3.90. The zero-order valence-corrected chi connectivity index (χ0v) is 10.7. The van der Waals surface area contributed by atoms with Crippen LogP contribution in [0.3, 0.4) is 0 Å². The number of carbonyl (C=O) groups excluding carboxylic acids is 1. The molecule has 90 valence electrons. The lowest BCUT2D eigenvalue weighted by Gasteiger charge is -2.12. The number of hydrogen-bond acceptors (Lipinski definition) is 3. The number of Topliss-reactive ketones (excluding diaryl/α,β-unsaturated/α-hetero) is 1. The maximum atomic E-state index is 11.5. The first kappa shape index (κ1) is 12.4. The van der Waals surface area contributed by atoms with Gasteiger partial charge in [0.15, 0.2) is 5.78 Å². The normalized spacial score (nSPS) is 18.5. The number of halogens is 2. The lowest BCUT2D eigenvalue weighted by molar-refractivity contribution is -0.113. The number of carbonyl (C=O) groups is 1. The van der Waals surface area contributed by atoms with Gasteiger partial charge in [0.25, 0.3) is 0 Å². The Morgan fingerprint density at radius 1 is 1.18 bits per heavy atom. The standard InChI is InChI=1S/C12H12Cl2N2O/c13-8-4-3-6-10(12(8)14)16-15-9-5-1-2-7-11(9)17/h3-4,6,16H,1-2,5,7H2/b15-9+. The van der Waals surface area contributed by atoms with Gasteiger partial charge in [0.2, 0.25) is 0 Å². The zero-order chi connectivity index (χ0) is 12.3. The van der Waals surface area contributed by atoms with E-state index in [-0.39, 0.29) is 5.78 Å². The summed E-state index contributed by atoms with van der Waals surface area (Å²) in [5.41, 5.74) is 4.01. The van der Waals surface area contributed by atoms with Gasteiger partial charge in [0.05, 0.1) is 15.7 Å². The first-order valence-corrected chi connectivity index (χ1v) is 6.24. The molecule has 0 aromatic heterocycles. The van der Waals surface area contributed by atoms with Crippen LogP contribution in [0.5, 0.6) is 0 Å². The highest BCUT2D eigenvalue weighted by Crippen LogP contribution is 2.29. The number of anilines is 1. The van der Waals surface area contributed by atoms with Crippen LogP contribution in [0.4, 0.5) is 5.69 Å². The van der Waals surface area contributed by atoms with E-state index in [0.29, 0.717) is 27.9 Å². The van der Waals surface area contributed by atoms with Crippen LogP contribution >= 0.6 is 23.2 Å². The third-order valence-electron chi connectivity index (χ3n) is 2.65. The van der Waals surface area contributed by atoms with Crippen LogP contribution in [0.2, 0.25) is 10.0 Å². The molecule has 1 aromatic rings. The van der Waals surface area contributed by atoms with E-state index in [9.17, 15) is 4.79 Å². The summed E-state index contributed by atoms with van der Waals surface area (Å²) >= 11 is 11.9. The molecule has 0 saturated heterocycles. The molecule has 1 aromatic carbocycles. The minimum absolute atomic E-state index is 0.113. The Hall–Kier alpha value is -1.06. The highest BCUT2D eigenvalue weighted by Gasteiger charge is 2.16. The minimum Gasteiger partial charge on any atom is -0.293 e. The summed E-state index contributed by atoms with van der Waals surface area (Å²) in [6.45, 7) is 0. The molecule has 0 spiro atoms. The van der Waals surface area contributed by atoms with Crippen molar-refractivity contribution < 1.29 is 4.79 Å². The maximum absolute atomic E-state index is 11.5. The Morgan fingerprint density at radius 2 is 1.94 bits per heavy atom. The number of nitrogens with one attached hydrogen (secondary N) is 1. The van der Waals surface area contributed by atoms with Crippen LogP contribution in [0.15, 0.2) is 23.3 Å². The van der Waals surface area contributed by atoms with Crippen molar-refractivity contribution in [3.8, 4) is 0 Å². The van der Waals surface area contributed by atoms with Gasteiger partial charge in [0.1, 0.15) is 5.71 Å². The fourth-order valence-electron chi connectivity index (χ4n) is 1.70. The van der Waals surface area contributed by atoms with Crippen molar-refractivity contribution in [3.63, 3.8) is 0 Å². The van der Waals surface area contributed by atoms with Crippen LogP contribution in [0, 0.1) is 0 Å². The largest absolute Gasteiger partial charge is 0.293 e. The summed E-state index contributed by atoms with van der Waals surface area (Å²) in [5, 5.41) is 4.99. The second-order valence-corrected chi connectivity index (χ2v) is 4.69. The molecule has 0 unspecified atom stereocenters. The quantitative estimate of drug-likeness (QED) is 0.828. The van der Waals surface area contributed by atoms with Crippen molar-refractivity contribution in [2.24, 2.45) is 5.10 Å². The van der Waals surface area contributed by atoms with Crippen molar-refractivity contribution in [1.29, 1.82) is 0 Å². The zero-order valence-electron chi connectivity index (χ0n) is 9.17. The molecule has 1 N–H and O–H groups in total. The Bertz CT molecular complexity index is 472. The fourth-order valence-corrected chi connectivity index (χ4v) is 2.04. The highest BCUT2D eigenvalue weighted by atomic mass is 35.5. The molecule has 2 rings (SSSR count). The third-order valence-corrected chi connectivity index (χ3v) is 3.47.